The molecule has 0 aliphatic carbocycles. The van der Waals surface area contributed by atoms with E-state index in [2.05, 4.69) is 10.3 Å². The largest absolute Gasteiger partial charge is 0.338 e. The SMILES string of the molecule is CCN(CC)C(=O)NCCc1cscn1. The predicted molar refractivity (Wildman–Crippen MR) is 62.1 cm³/mol. The molecule has 0 fully saturated rings. The zero-order chi connectivity index (χ0) is 11.1. The quantitative estimate of drug-likeness (QED) is 0.832. The van der Waals surface area contributed by atoms with Gasteiger partial charge in [0.25, 0.3) is 0 Å². The Kier molecular flexibility index (Phi) is 5.10. The van der Waals surface area contributed by atoms with Crippen LogP contribution in [0.1, 0.15) is 19.5 Å². The first-order valence-corrected chi connectivity index (χ1v) is 6.12. The lowest BCUT2D eigenvalue weighted by Gasteiger charge is -2.18. The normalized spacial score (nSPS) is 10.0. The number of carbonyl (C=O) groups is 1. The summed E-state index contributed by atoms with van der Waals surface area (Å²) in [7, 11) is 0. The van der Waals surface area contributed by atoms with E-state index in [1.807, 2.05) is 24.7 Å². The van der Waals surface area contributed by atoms with Crippen LogP contribution in [0, 0.1) is 0 Å². The molecule has 0 radical (unpaired) electrons. The van der Waals surface area contributed by atoms with Crippen molar-refractivity contribution in [3.8, 4) is 0 Å². The minimum absolute atomic E-state index is 0.00947. The van der Waals surface area contributed by atoms with Gasteiger partial charge in [0.1, 0.15) is 0 Å². The number of rotatable bonds is 5. The Morgan fingerprint density at radius 1 is 1.53 bits per heavy atom. The second-order valence-electron chi connectivity index (χ2n) is 3.13. The molecule has 1 aromatic rings. The van der Waals surface area contributed by atoms with Crippen molar-refractivity contribution in [1.82, 2.24) is 15.2 Å². The van der Waals surface area contributed by atoms with Crippen LogP contribution in [0.25, 0.3) is 0 Å². The summed E-state index contributed by atoms with van der Waals surface area (Å²) in [5, 5.41) is 4.88. The topological polar surface area (TPSA) is 45.2 Å². The summed E-state index contributed by atoms with van der Waals surface area (Å²) in [5.41, 5.74) is 2.85. The molecule has 0 saturated heterocycles. The monoisotopic (exact) mass is 227 g/mol. The number of hydrogen-bond donors (Lipinski definition) is 1. The minimum atomic E-state index is 0.00947. The van der Waals surface area contributed by atoms with E-state index in [4.69, 9.17) is 0 Å². The maximum absolute atomic E-state index is 11.5. The Balaban J connectivity index is 2.22. The zero-order valence-corrected chi connectivity index (χ0v) is 10.0. The molecular weight excluding hydrogens is 210 g/mol. The number of urea groups is 1. The summed E-state index contributed by atoms with van der Waals surface area (Å²) < 4.78 is 0. The van der Waals surface area contributed by atoms with Gasteiger partial charge in [-0.1, -0.05) is 0 Å². The lowest BCUT2D eigenvalue weighted by atomic mass is 10.3. The van der Waals surface area contributed by atoms with Crippen molar-refractivity contribution < 1.29 is 4.79 Å². The standard InChI is InChI=1S/C10H17N3OS/c1-3-13(4-2)10(14)11-6-5-9-7-15-8-12-9/h7-8H,3-6H2,1-2H3,(H,11,14). The molecule has 0 aliphatic heterocycles. The number of hydrogen-bond acceptors (Lipinski definition) is 3. The molecular formula is C10H17N3OS. The average molecular weight is 227 g/mol. The van der Waals surface area contributed by atoms with Gasteiger partial charge in [-0.25, -0.2) is 9.78 Å². The molecule has 0 spiro atoms. The zero-order valence-electron chi connectivity index (χ0n) is 9.19. The highest BCUT2D eigenvalue weighted by atomic mass is 32.1. The predicted octanol–water partition coefficient (Wildman–Crippen LogP) is 1.74. The summed E-state index contributed by atoms with van der Waals surface area (Å²) in [6.45, 7) is 6.10. The van der Waals surface area contributed by atoms with Gasteiger partial charge in [-0.3, -0.25) is 0 Å². The molecule has 2 amide bonds. The van der Waals surface area contributed by atoms with Gasteiger partial charge in [-0.05, 0) is 13.8 Å². The van der Waals surface area contributed by atoms with Crippen molar-refractivity contribution in [2.75, 3.05) is 19.6 Å². The fourth-order valence-corrected chi connectivity index (χ4v) is 1.87. The molecule has 1 rings (SSSR count). The molecule has 4 nitrogen and oxygen atoms in total. The van der Waals surface area contributed by atoms with E-state index in [0.717, 1.165) is 25.2 Å². The van der Waals surface area contributed by atoms with Crippen LogP contribution in [0.3, 0.4) is 0 Å². The van der Waals surface area contributed by atoms with Crippen LogP contribution in [-0.4, -0.2) is 35.5 Å². The third kappa shape index (κ3) is 3.87. The highest BCUT2D eigenvalue weighted by Gasteiger charge is 2.07. The molecule has 5 heteroatoms. The van der Waals surface area contributed by atoms with Gasteiger partial charge >= 0.3 is 6.03 Å². The fourth-order valence-electron chi connectivity index (χ4n) is 1.28. The number of nitrogens with zero attached hydrogens (tertiary/aromatic N) is 2. The lowest BCUT2D eigenvalue weighted by Crippen LogP contribution is -2.40. The molecule has 0 atom stereocenters. The van der Waals surface area contributed by atoms with Crippen LogP contribution in [0.5, 0.6) is 0 Å². The maximum atomic E-state index is 11.5. The summed E-state index contributed by atoms with van der Waals surface area (Å²) in [5.74, 6) is 0. The van der Waals surface area contributed by atoms with E-state index in [1.54, 1.807) is 16.2 Å². The molecule has 0 aliphatic rings. The Hall–Kier alpha value is -1.10. The van der Waals surface area contributed by atoms with Crippen molar-refractivity contribution in [3.05, 3.63) is 16.6 Å². The van der Waals surface area contributed by atoms with E-state index in [1.165, 1.54) is 0 Å². The van der Waals surface area contributed by atoms with Gasteiger partial charge < -0.3 is 10.2 Å². The molecule has 0 unspecified atom stereocenters. The first kappa shape index (κ1) is 12.0. The van der Waals surface area contributed by atoms with Crippen LogP contribution in [-0.2, 0) is 6.42 Å². The highest BCUT2D eigenvalue weighted by molar-refractivity contribution is 7.07. The number of amides is 2. The summed E-state index contributed by atoms with van der Waals surface area (Å²) in [6, 6.07) is 0.00947. The molecule has 0 aromatic carbocycles. The molecule has 84 valence electrons. The summed E-state index contributed by atoms with van der Waals surface area (Å²) in [4.78, 5) is 17.4. The molecule has 0 saturated carbocycles. The van der Waals surface area contributed by atoms with Crippen molar-refractivity contribution >= 4 is 17.4 Å². The van der Waals surface area contributed by atoms with E-state index >= 15 is 0 Å². The van der Waals surface area contributed by atoms with E-state index < -0.39 is 0 Å². The number of carbonyl (C=O) groups excluding carboxylic acids is 1. The van der Waals surface area contributed by atoms with Crippen LogP contribution < -0.4 is 5.32 Å². The van der Waals surface area contributed by atoms with Gasteiger partial charge in [0, 0.05) is 31.4 Å². The van der Waals surface area contributed by atoms with E-state index in [0.29, 0.717) is 6.54 Å². The van der Waals surface area contributed by atoms with Gasteiger partial charge in [0.15, 0.2) is 0 Å². The first-order chi connectivity index (χ1) is 7.27. The smallest absolute Gasteiger partial charge is 0.317 e. The van der Waals surface area contributed by atoms with Gasteiger partial charge in [0.2, 0.25) is 0 Å². The summed E-state index contributed by atoms with van der Waals surface area (Å²) in [6.07, 6.45) is 0.802. The Labute approximate surface area is 94.3 Å². The number of aromatic nitrogens is 1. The second-order valence-corrected chi connectivity index (χ2v) is 3.85. The molecule has 1 N–H and O–H groups in total. The van der Waals surface area contributed by atoms with E-state index in [-0.39, 0.29) is 6.03 Å². The average Bonchev–Trinajstić information content (AvgIpc) is 2.72. The molecule has 1 aromatic heterocycles. The Morgan fingerprint density at radius 3 is 2.80 bits per heavy atom. The minimum Gasteiger partial charge on any atom is -0.338 e. The number of thiazole rings is 1. The van der Waals surface area contributed by atoms with Crippen LogP contribution >= 0.6 is 11.3 Å². The molecule has 1 heterocycles. The van der Waals surface area contributed by atoms with Crippen LogP contribution in [0.15, 0.2) is 10.9 Å². The third-order valence-corrected chi connectivity index (χ3v) is 2.83. The van der Waals surface area contributed by atoms with Crippen LogP contribution in [0.2, 0.25) is 0 Å². The highest BCUT2D eigenvalue weighted by Crippen LogP contribution is 2.00. The maximum Gasteiger partial charge on any atom is 0.317 e. The van der Waals surface area contributed by atoms with Crippen LogP contribution in [0.4, 0.5) is 4.79 Å². The molecule has 0 bridgehead atoms. The van der Waals surface area contributed by atoms with E-state index in [9.17, 15) is 4.79 Å². The van der Waals surface area contributed by atoms with Gasteiger partial charge in [0.05, 0.1) is 11.2 Å². The Bertz CT molecular complexity index is 283. The third-order valence-electron chi connectivity index (χ3n) is 2.19. The van der Waals surface area contributed by atoms with Gasteiger partial charge in [-0.15, -0.1) is 11.3 Å². The van der Waals surface area contributed by atoms with Gasteiger partial charge in [-0.2, -0.15) is 0 Å². The number of nitrogens with one attached hydrogen (secondary N) is 1. The van der Waals surface area contributed by atoms with Crippen molar-refractivity contribution in [1.29, 1.82) is 0 Å². The first-order valence-electron chi connectivity index (χ1n) is 5.17. The molecule has 15 heavy (non-hydrogen) atoms. The Morgan fingerprint density at radius 2 is 2.27 bits per heavy atom. The van der Waals surface area contributed by atoms with Crippen molar-refractivity contribution in [2.24, 2.45) is 0 Å². The van der Waals surface area contributed by atoms with Crippen molar-refractivity contribution in [2.45, 2.75) is 20.3 Å². The fraction of sp³-hybridized carbons (Fsp3) is 0.600. The van der Waals surface area contributed by atoms with Crippen molar-refractivity contribution in [3.63, 3.8) is 0 Å². The lowest BCUT2D eigenvalue weighted by molar-refractivity contribution is 0.203. The summed E-state index contributed by atoms with van der Waals surface area (Å²) >= 11 is 1.58. The second kappa shape index (κ2) is 6.40.